The molecule has 0 rings (SSSR count). The minimum atomic E-state index is -5.44. The van der Waals surface area contributed by atoms with Crippen LogP contribution < -0.4 is 0 Å². The summed E-state index contributed by atoms with van der Waals surface area (Å²) in [6.45, 7) is 0. The molecule has 0 aromatic heterocycles. The van der Waals surface area contributed by atoms with Gasteiger partial charge in [-0.1, -0.05) is 0 Å². The molecule has 0 N–H and O–H groups in total. The first-order valence-corrected chi connectivity index (χ1v) is 4.47. The maximum absolute atomic E-state index is 11.1. The predicted molar refractivity (Wildman–Crippen MR) is 23.8 cm³/mol. The molecule has 0 unspecified atom stereocenters. The van der Waals surface area contributed by atoms with E-state index in [-0.39, 0.29) is 0 Å². The second kappa shape index (κ2) is 2.79. The van der Waals surface area contributed by atoms with Gasteiger partial charge in [-0.15, -0.1) is 0 Å². The summed E-state index contributed by atoms with van der Waals surface area (Å²) in [7, 11) is -9.14. The van der Waals surface area contributed by atoms with E-state index in [1.165, 1.54) is 0 Å². The summed E-state index contributed by atoms with van der Waals surface area (Å²) in [5, 5.41) is 0. The molecule has 0 amide bonds. The maximum Gasteiger partial charge on any atom is 0.411 e. The summed E-state index contributed by atoms with van der Waals surface area (Å²) < 4.78 is 53.2. The second-order valence-electron chi connectivity index (χ2n) is 1.01. The molecule has 0 aromatic rings. The van der Waals surface area contributed by atoms with Crippen molar-refractivity contribution in [2.45, 2.75) is 0 Å². The average molecular weight is 168 g/mol. The monoisotopic (exact) mass is 168 g/mol. The summed E-state index contributed by atoms with van der Waals surface area (Å²) in [6.07, 6.45) is 0. The van der Waals surface area contributed by atoms with Gasteiger partial charge >= 0.3 is 7.76 Å². The fraction of sp³-hybridized carbons (Fsp3) is 1.00. The van der Waals surface area contributed by atoms with Crippen LogP contribution in [0.15, 0.2) is 0 Å². The first-order chi connectivity index (χ1) is 3.42. The van der Waals surface area contributed by atoms with Crippen LogP contribution in [0.4, 0.5) is 16.8 Å². The molecule has 0 bridgehead atoms. The van der Waals surface area contributed by atoms with E-state index < -0.39 is 22.2 Å². The van der Waals surface area contributed by atoms with Crippen molar-refractivity contribution in [2.75, 3.05) is 5.90 Å². The highest BCUT2D eigenvalue weighted by atomic mass is 31.3. The molecular weight excluding hydrogens is 166 g/mol. The van der Waals surface area contributed by atoms with Crippen LogP contribution >= 0.6 is 16.3 Å². The summed E-state index contributed by atoms with van der Waals surface area (Å²) in [5.74, 6) is -1.72. The molecule has 0 radical (unpaired) electrons. The van der Waals surface area contributed by atoms with Gasteiger partial charge in [0.2, 0.25) is 0 Å². The lowest BCUT2D eigenvalue weighted by molar-refractivity contribution is 0.499. The zero-order valence-corrected chi connectivity index (χ0v) is 5.31. The van der Waals surface area contributed by atoms with Gasteiger partial charge in [0, 0.05) is 0 Å². The van der Waals surface area contributed by atoms with E-state index in [4.69, 9.17) is 0 Å². The Morgan fingerprint density at radius 3 is 1.75 bits per heavy atom. The van der Waals surface area contributed by atoms with Crippen molar-refractivity contribution in [2.24, 2.45) is 0 Å². The third-order valence-electron chi connectivity index (χ3n) is 0.272. The van der Waals surface area contributed by atoms with Gasteiger partial charge in [-0.3, -0.25) is 0 Å². The third-order valence-corrected chi connectivity index (χ3v) is 2.44. The second-order valence-corrected chi connectivity index (χ2v) is 3.89. The zero-order chi connectivity index (χ0) is 6.78. The van der Waals surface area contributed by atoms with E-state index in [0.29, 0.717) is 0 Å². The molecule has 0 aliphatic heterocycles. The molecule has 1 nitrogen and oxygen atoms in total. The van der Waals surface area contributed by atoms with E-state index in [0.717, 1.165) is 0 Å². The molecule has 8 heavy (non-hydrogen) atoms. The molecule has 0 saturated heterocycles. The van der Waals surface area contributed by atoms with Crippen LogP contribution in [0.1, 0.15) is 0 Å². The fourth-order valence-corrected chi connectivity index (χ4v) is 1.12. The first-order valence-electron chi connectivity index (χ1n) is 1.49. The third kappa shape index (κ3) is 6.38. The Morgan fingerprint density at radius 2 is 1.75 bits per heavy atom. The van der Waals surface area contributed by atoms with Crippen LogP contribution in [0.5, 0.6) is 0 Å². The number of rotatable bonds is 2. The summed E-state index contributed by atoms with van der Waals surface area (Å²) >= 11 is 0. The highest BCUT2D eigenvalue weighted by Crippen LogP contribution is 2.60. The quantitative estimate of drug-likeness (QED) is 0.456. The predicted octanol–water partition coefficient (Wildman–Crippen LogP) is 3.33. The molecule has 7 heteroatoms. The van der Waals surface area contributed by atoms with Gasteiger partial charge in [0.05, 0.1) is 0 Å². The first kappa shape index (κ1) is 8.38. The highest BCUT2D eigenvalue weighted by molar-refractivity contribution is 7.67. The summed E-state index contributed by atoms with van der Waals surface area (Å²) in [5.41, 5.74) is 0. The lowest BCUT2D eigenvalue weighted by Crippen LogP contribution is -1.66. The van der Waals surface area contributed by atoms with Crippen molar-refractivity contribution in [3.05, 3.63) is 0 Å². The number of halogens is 4. The van der Waals surface area contributed by atoms with Crippen LogP contribution in [-0.4, -0.2) is 5.90 Å². The zero-order valence-electron chi connectivity index (χ0n) is 3.52. The molecule has 0 heterocycles. The standard InChI is InChI=1S/CH2F4OP2/c2-7(3)1-8(4,5)6/h1H2. The molecule has 0 spiro atoms. The van der Waals surface area contributed by atoms with Gasteiger partial charge in [-0.05, 0) is 0 Å². The maximum atomic E-state index is 11.1. The van der Waals surface area contributed by atoms with Gasteiger partial charge in [0.1, 0.15) is 5.90 Å². The van der Waals surface area contributed by atoms with E-state index in [2.05, 4.69) is 0 Å². The van der Waals surface area contributed by atoms with Crippen molar-refractivity contribution in [3.8, 4) is 0 Å². The molecule has 0 atom stereocenters. The Kier molecular flexibility index (Phi) is 2.92. The Hall–Kier alpha value is 0.380. The van der Waals surface area contributed by atoms with Crippen LogP contribution in [-0.2, 0) is 4.57 Å². The smallest absolute Gasteiger partial charge is 0.249 e. The molecule has 0 aliphatic rings. The van der Waals surface area contributed by atoms with Gasteiger partial charge in [0.25, 0.3) is 8.54 Å². The molecule has 0 fully saturated rings. The lowest BCUT2D eigenvalue weighted by atomic mass is 11.9. The van der Waals surface area contributed by atoms with Crippen LogP contribution in [0.2, 0.25) is 0 Å². The van der Waals surface area contributed by atoms with Gasteiger partial charge < -0.3 is 0 Å². The van der Waals surface area contributed by atoms with E-state index in [1.807, 2.05) is 0 Å². The summed E-state index contributed by atoms with van der Waals surface area (Å²) in [6, 6.07) is 0. The minimum Gasteiger partial charge on any atom is -0.249 e. The van der Waals surface area contributed by atoms with Crippen LogP contribution in [0, 0.1) is 0 Å². The molecule has 0 aromatic carbocycles. The van der Waals surface area contributed by atoms with Gasteiger partial charge in [-0.2, -0.15) is 16.8 Å². The fourth-order valence-electron chi connectivity index (χ4n) is 0.124. The van der Waals surface area contributed by atoms with Gasteiger partial charge in [-0.25, -0.2) is 4.57 Å². The van der Waals surface area contributed by atoms with Crippen LogP contribution in [0.25, 0.3) is 0 Å². The molecule has 50 valence electrons. The normalized spacial score (nSPS) is 12.6. The number of hydrogen-bond donors (Lipinski definition) is 0. The van der Waals surface area contributed by atoms with Crippen molar-refractivity contribution in [1.82, 2.24) is 0 Å². The summed E-state index contributed by atoms with van der Waals surface area (Å²) in [4.78, 5) is 0. The Balaban J connectivity index is 3.56. The van der Waals surface area contributed by atoms with Gasteiger partial charge in [0.15, 0.2) is 0 Å². The Labute approximate surface area is 44.7 Å². The van der Waals surface area contributed by atoms with E-state index >= 15 is 0 Å². The minimum absolute atomic E-state index is 1.72. The topological polar surface area (TPSA) is 17.1 Å². The van der Waals surface area contributed by atoms with Crippen molar-refractivity contribution in [3.63, 3.8) is 0 Å². The molecule has 0 saturated carbocycles. The van der Waals surface area contributed by atoms with Crippen molar-refractivity contribution in [1.29, 1.82) is 0 Å². The average Bonchev–Trinajstić information content (AvgIpc) is 1.21. The van der Waals surface area contributed by atoms with Crippen LogP contribution in [0.3, 0.4) is 0 Å². The van der Waals surface area contributed by atoms with E-state index in [1.54, 1.807) is 0 Å². The lowest BCUT2D eigenvalue weighted by Gasteiger charge is -1.92. The van der Waals surface area contributed by atoms with E-state index in [9.17, 15) is 21.4 Å². The molecule has 0 aliphatic carbocycles. The molecular formula is CH2F4OP2. The highest BCUT2D eigenvalue weighted by Gasteiger charge is 2.25. The van der Waals surface area contributed by atoms with Crippen molar-refractivity contribution >= 4 is 16.3 Å². The largest absolute Gasteiger partial charge is 0.411 e. The number of hydrogen-bond acceptors (Lipinski definition) is 1. The Bertz CT molecular complexity index is 107. The Morgan fingerprint density at radius 1 is 1.38 bits per heavy atom. The van der Waals surface area contributed by atoms with Crippen molar-refractivity contribution < 1.29 is 21.4 Å². The SMILES string of the molecule is O=P(F)(F)CP(F)F.